The second-order valence-corrected chi connectivity index (χ2v) is 6.65. The number of rotatable bonds is 3. The predicted molar refractivity (Wildman–Crippen MR) is 98.7 cm³/mol. The van der Waals surface area contributed by atoms with Crippen LogP contribution in [0.4, 0.5) is 0 Å². The van der Waals surface area contributed by atoms with Crippen molar-refractivity contribution in [2.24, 2.45) is 0 Å². The summed E-state index contributed by atoms with van der Waals surface area (Å²) in [5, 5.41) is 3.08. The number of carbonyl (C=O) groups is 2. The van der Waals surface area contributed by atoms with E-state index in [9.17, 15) is 9.59 Å². The molecule has 1 saturated heterocycles. The van der Waals surface area contributed by atoms with Gasteiger partial charge in [-0.2, -0.15) is 0 Å². The summed E-state index contributed by atoms with van der Waals surface area (Å²) in [6.07, 6.45) is 1.57. The van der Waals surface area contributed by atoms with E-state index in [1.54, 1.807) is 0 Å². The second-order valence-electron chi connectivity index (χ2n) is 6.65. The van der Waals surface area contributed by atoms with Crippen LogP contribution in [0.1, 0.15) is 44.7 Å². The van der Waals surface area contributed by atoms with Crippen molar-refractivity contribution in [1.82, 2.24) is 10.2 Å². The smallest absolute Gasteiger partial charge is 0.254 e. The summed E-state index contributed by atoms with van der Waals surface area (Å²) in [5.41, 5.74) is 3.64. The molecule has 0 aromatic heterocycles. The first-order chi connectivity index (χ1) is 12.1. The molecule has 0 aliphatic carbocycles. The molecule has 0 saturated carbocycles. The van der Waals surface area contributed by atoms with E-state index in [0.29, 0.717) is 18.7 Å². The lowest BCUT2D eigenvalue weighted by Gasteiger charge is -2.33. The van der Waals surface area contributed by atoms with Gasteiger partial charge in [0.1, 0.15) is 0 Å². The van der Waals surface area contributed by atoms with E-state index in [4.69, 9.17) is 0 Å². The molecular formula is C21H24N2O2. The van der Waals surface area contributed by atoms with E-state index in [1.807, 2.05) is 67.3 Å². The van der Waals surface area contributed by atoms with Gasteiger partial charge in [0.2, 0.25) is 0 Å². The monoisotopic (exact) mass is 336 g/mol. The van der Waals surface area contributed by atoms with Gasteiger partial charge in [-0.1, -0.05) is 30.3 Å². The van der Waals surface area contributed by atoms with Crippen molar-refractivity contribution in [1.29, 1.82) is 0 Å². The lowest BCUT2D eigenvalue weighted by atomic mass is 9.99. The Hall–Kier alpha value is -2.62. The van der Waals surface area contributed by atoms with Crippen molar-refractivity contribution in [3.63, 3.8) is 0 Å². The molecule has 3 rings (SSSR count). The Kier molecular flexibility index (Phi) is 5.17. The molecule has 2 amide bonds. The van der Waals surface area contributed by atoms with Crippen molar-refractivity contribution >= 4 is 11.8 Å². The fourth-order valence-corrected chi connectivity index (χ4v) is 3.24. The molecule has 0 bridgehead atoms. The Bertz CT molecular complexity index is 763. The van der Waals surface area contributed by atoms with Gasteiger partial charge < -0.3 is 10.2 Å². The third-order valence-corrected chi connectivity index (χ3v) is 4.99. The van der Waals surface area contributed by atoms with Gasteiger partial charge in [-0.25, -0.2) is 0 Å². The molecule has 0 atom stereocenters. The molecule has 1 heterocycles. The molecule has 0 spiro atoms. The van der Waals surface area contributed by atoms with Gasteiger partial charge in [-0.15, -0.1) is 0 Å². The third kappa shape index (κ3) is 3.90. The number of nitrogens with zero attached hydrogens (tertiary/aromatic N) is 1. The lowest BCUT2D eigenvalue weighted by molar-refractivity contribution is 0.0697. The highest BCUT2D eigenvalue weighted by Crippen LogP contribution is 2.18. The number of carbonyl (C=O) groups excluding carboxylic acids is 2. The number of likely N-dealkylation sites (tertiary alicyclic amines) is 1. The van der Waals surface area contributed by atoms with Gasteiger partial charge in [0, 0.05) is 30.3 Å². The summed E-state index contributed by atoms with van der Waals surface area (Å²) < 4.78 is 0. The van der Waals surface area contributed by atoms with Gasteiger partial charge >= 0.3 is 0 Å². The van der Waals surface area contributed by atoms with Crippen LogP contribution in [0.25, 0.3) is 0 Å². The topological polar surface area (TPSA) is 49.4 Å². The molecule has 0 unspecified atom stereocenters. The Labute approximate surface area is 148 Å². The molecule has 1 N–H and O–H groups in total. The molecule has 1 aliphatic rings. The number of amides is 2. The van der Waals surface area contributed by atoms with E-state index >= 15 is 0 Å². The summed E-state index contributed by atoms with van der Waals surface area (Å²) in [6, 6.07) is 15.2. The molecule has 4 heteroatoms. The Morgan fingerprint density at radius 3 is 2.32 bits per heavy atom. The van der Waals surface area contributed by atoms with Crippen LogP contribution in [0.5, 0.6) is 0 Å². The molecule has 4 nitrogen and oxygen atoms in total. The summed E-state index contributed by atoms with van der Waals surface area (Å²) >= 11 is 0. The zero-order valence-corrected chi connectivity index (χ0v) is 14.8. The average Bonchev–Trinajstić information content (AvgIpc) is 2.65. The number of benzene rings is 2. The number of nitrogens with one attached hydrogen (secondary N) is 1. The van der Waals surface area contributed by atoms with Gasteiger partial charge in [0.25, 0.3) is 11.8 Å². The van der Waals surface area contributed by atoms with Crippen LogP contribution in [0, 0.1) is 13.8 Å². The predicted octanol–water partition coefficient (Wildman–Crippen LogP) is 3.34. The van der Waals surface area contributed by atoms with Crippen LogP contribution in [-0.4, -0.2) is 35.8 Å². The normalized spacial score (nSPS) is 15.0. The van der Waals surface area contributed by atoms with Crippen LogP contribution < -0.4 is 5.32 Å². The number of hydrogen-bond acceptors (Lipinski definition) is 2. The van der Waals surface area contributed by atoms with Crippen LogP contribution in [-0.2, 0) is 0 Å². The maximum absolute atomic E-state index is 12.8. The van der Waals surface area contributed by atoms with E-state index < -0.39 is 0 Å². The van der Waals surface area contributed by atoms with Crippen LogP contribution >= 0.6 is 0 Å². The first-order valence-electron chi connectivity index (χ1n) is 8.77. The van der Waals surface area contributed by atoms with Crippen molar-refractivity contribution in [3.05, 3.63) is 70.8 Å². The minimum absolute atomic E-state index is 0.0418. The fraction of sp³-hybridized carbons (Fsp3) is 0.333. The Morgan fingerprint density at radius 1 is 0.960 bits per heavy atom. The fourth-order valence-electron chi connectivity index (χ4n) is 3.24. The SMILES string of the molecule is Cc1cccc(C(=O)N2CCC(NC(=O)c3ccccc3)CC2)c1C. The maximum Gasteiger partial charge on any atom is 0.254 e. The highest BCUT2D eigenvalue weighted by atomic mass is 16.2. The minimum atomic E-state index is -0.0418. The quantitative estimate of drug-likeness (QED) is 0.934. The first-order valence-corrected chi connectivity index (χ1v) is 8.77. The van der Waals surface area contributed by atoms with Crippen LogP contribution in [0.3, 0.4) is 0 Å². The van der Waals surface area contributed by atoms with Crippen molar-refractivity contribution in [2.45, 2.75) is 32.7 Å². The van der Waals surface area contributed by atoms with Crippen LogP contribution in [0.2, 0.25) is 0 Å². The highest BCUT2D eigenvalue weighted by molar-refractivity contribution is 5.96. The molecule has 25 heavy (non-hydrogen) atoms. The number of aryl methyl sites for hydroxylation is 1. The largest absolute Gasteiger partial charge is 0.349 e. The van der Waals surface area contributed by atoms with Gasteiger partial charge in [-0.05, 0) is 56.0 Å². The molecule has 0 radical (unpaired) electrons. The Morgan fingerprint density at radius 2 is 1.64 bits per heavy atom. The van der Waals surface area contributed by atoms with Crippen molar-refractivity contribution in [3.8, 4) is 0 Å². The minimum Gasteiger partial charge on any atom is -0.349 e. The van der Waals surface area contributed by atoms with E-state index in [0.717, 1.165) is 29.5 Å². The summed E-state index contributed by atoms with van der Waals surface area (Å²) in [7, 11) is 0. The van der Waals surface area contributed by atoms with E-state index in [2.05, 4.69) is 5.32 Å². The number of piperidine rings is 1. The molecule has 1 aliphatic heterocycles. The first kappa shape index (κ1) is 17.2. The second kappa shape index (κ2) is 7.51. The molecule has 2 aromatic carbocycles. The van der Waals surface area contributed by atoms with Crippen molar-refractivity contribution < 1.29 is 9.59 Å². The summed E-state index contributed by atoms with van der Waals surface area (Å²) in [4.78, 5) is 26.9. The molecule has 1 fully saturated rings. The Balaban J connectivity index is 1.57. The van der Waals surface area contributed by atoms with E-state index in [-0.39, 0.29) is 17.9 Å². The third-order valence-electron chi connectivity index (χ3n) is 4.99. The highest BCUT2D eigenvalue weighted by Gasteiger charge is 2.25. The van der Waals surface area contributed by atoms with Crippen molar-refractivity contribution in [2.75, 3.05) is 13.1 Å². The maximum atomic E-state index is 12.8. The average molecular weight is 336 g/mol. The molecular weight excluding hydrogens is 312 g/mol. The van der Waals surface area contributed by atoms with Gasteiger partial charge in [0.15, 0.2) is 0 Å². The molecule has 2 aromatic rings. The molecule has 130 valence electrons. The van der Waals surface area contributed by atoms with Gasteiger partial charge in [-0.3, -0.25) is 9.59 Å². The summed E-state index contributed by atoms with van der Waals surface area (Å²) in [5.74, 6) is 0.0499. The van der Waals surface area contributed by atoms with Gasteiger partial charge in [0.05, 0.1) is 0 Å². The zero-order chi connectivity index (χ0) is 17.8. The standard InChI is InChI=1S/C21H24N2O2/c1-15-7-6-10-19(16(15)2)21(25)23-13-11-18(12-14-23)22-20(24)17-8-4-3-5-9-17/h3-10,18H,11-14H2,1-2H3,(H,22,24). The zero-order valence-electron chi connectivity index (χ0n) is 14.8. The summed E-state index contributed by atoms with van der Waals surface area (Å²) in [6.45, 7) is 5.37. The van der Waals surface area contributed by atoms with Crippen LogP contribution in [0.15, 0.2) is 48.5 Å². The number of hydrogen-bond donors (Lipinski definition) is 1. The lowest BCUT2D eigenvalue weighted by Crippen LogP contribution is -2.46. The van der Waals surface area contributed by atoms with E-state index in [1.165, 1.54) is 0 Å².